The summed E-state index contributed by atoms with van der Waals surface area (Å²) in [7, 11) is 0. The average molecular weight is 370 g/mol. The molecule has 1 aromatic heterocycles. The SMILES string of the molecule is O=C(Cc1ccccc1F)N1Cc2ccnn2C[C@@H](CCN2CCCC2)C1. The molecule has 2 aliphatic rings. The van der Waals surface area contributed by atoms with Gasteiger partial charge in [-0.1, -0.05) is 18.2 Å². The van der Waals surface area contributed by atoms with Gasteiger partial charge in [-0.3, -0.25) is 9.48 Å². The van der Waals surface area contributed by atoms with Gasteiger partial charge in [0.2, 0.25) is 5.91 Å². The summed E-state index contributed by atoms with van der Waals surface area (Å²) >= 11 is 0. The highest BCUT2D eigenvalue weighted by atomic mass is 19.1. The lowest BCUT2D eigenvalue weighted by atomic mass is 10.0. The van der Waals surface area contributed by atoms with Gasteiger partial charge >= 0.3 is 0 Å². The summed E-state index contributed by atoms with van der Waals surface area (Å²) in [6.45, 7) is 5.57. The molecule has 6 heteroatoms. The number of rotatable bonds is 5. The van der Waals surface area contributed by atoms with Gasteiger partial charge in [-0.05, 0) is 62.5 Å². The summed E-state index contributed by atoms with van der Waals surface area (Å²) in [5, 5.41) is 4.44. The Labute approximate surface area is 159 Å². The van der Waals surface area contributed by atoms with E-state index in [1.165, 1.54) is 32.0 Å². The number of carbonyl (C=O) groups excluding carboxylic acids is 1. The third kappa shape index (κ3) is 4.38. The molecule has 0 spiro atoms. The zero-order valence-electron chi connectivity index (χ0n) is 15.7. The summed E-state index contributed by atoms with van der Waals surface area (Å²) in [6.07, 6.45) is 5.56. The van der Waals surface area contributed by atoms with Crippen LogP contribution in [0.2, 0.25) is 0 Å². The topological polar surface area (TPSA) is 41.4 Å². The fraction of sp³-hybridized carbons (Fsp3) is 0.524. The molecular weight excluding hydrogens is 343 g/mol. The Kier molecular flexibility index (Phi) is 5.53. The summed E-state index contributed by atoms with van der Waals surface area (Å²) in [5.41, 5.74) is 1.52. The van der Waals surface area contributed by atoms with Crippen molar-refractivity contribution in [2.24, 2.45) is 5.92 Å². The molecule has 1 fully saturated rings. The fourth-order valence-corrected chi connectivity index (χ4v) is 4.19. The molecule has 0 radical (unpaired) electrons. The maximum Gasteiger partial charge on any atom is 0.227 e. The van der Waals surface area contributed by atoms with Crippen molar-refractivity contribution in [3.05, 3.63) is 53.6 Å². The van der Waals surface area contributed by atoms with Crippen LogP contribution in [0.15, 0.2) is 36.5 Å². The van der Waals surface area contributed by atoms with E-state index < -0.39 is 0 Å². The Morgan fingerprint density at radius 2 is 1.96 bits per heavy atom. The van der Waals surface area contributed by atoms with Crippen molar-refractivity contribution in [2.75, 3.05) is 26.2 Å². The number of amides is 1. The first-order chi connectivity index (χ1) is 13.2. The van der Waals surface area contributed by atoms with Crippen molar-refractivity contribution in [2.45, 2.75) is 38.8 Å². The van der Waals surface area contributed by atoms with E-state index in [2.05, 4.69) is 10.00 Å². The lowest BCUT2D eigenvalue weighted by molar-refractivity contribution is -0.131. The highest BCUT2D eigenvalue weighted by molar-refractivity contribution is 5.78. The average Bonchev–Trinajstić information content (AvgIpc) is 3.30. The zero-order valence-corrected chi connectivity index (χ0v) is 15.7. The first kappa shape index (κ1) is 18.2. The molecule has 0 N–H and O–H groups in total. The number of hydrogen-bond donors (Lipinski definition) is 0. The normalized spacial score (nSPS) is 20.5. The number of nitrogens with zero attached hydrogens (tertiary/aromatic N) is 4. The number of carbonyl (C=O) groups is 1. The maximum absolute atomic E-state index is 14.0. The van der Waals surface area contributed by atoms with E-state index in [9.17, 15) is 9.18 Å². The van der Waals surface area contributed by atoms with Gasteiger partial charge in [0.1, 0.15) is 5.82 Å². The van der Waals surface area contributed by atoms with Crippen LogP contribution in [0, 0.1) is 11.7 Å². The van der Waals surface area contributed by atoms with Crippen LogP contribution in [0.5, 0.6) is 0 Å². The Bertz CT molecular complexity index is 784. The zero-order chi connectivity index (χ0) is 18.6. The second kappa shape index (κ2) is 8.21. The largest absolute Gasteiger partial charge is 0.336 e. The van der Waals surface area contributed by atoms with E-state index in [0.29, 0.717) is 24.6 Å². The molecule has 1 aromatic carbocycles. The van der Waals surface area contributed by atoms with Crippen molar-refractivity contribution in [3.8, 4) is 0 Å². The molecule has 5 nitrogen and oxygen atoms in total. The quantitative estimate of drug-likeness (QED) is 0.813. The number of halogens is 1. The molecule has 3 heterocycles. The van der Waals surface area contributed by atoms with E-state index in [4.69, 9.17) is 0 Å². The van der Waals surface area contributed by atoms with E-state index >= 15 is 0 Å². The summed E-state index contributed by atoms with van der Waals surface area (Å²) < 4.78 is 16.0. The highest BCUT2D eigenvalue weighted by Crippen LogP contribution is 2.21. The Morgan fingerprint density at radius 3 is 2.78 bits per heavy atom. The van der Waals surface area contributed by atoms with E-state index in [-0.39, 0.29) is 18.1 Å². The maximum atomic E-state index is 14.0. The van der Waals surface area contributed by atoms with E-state index in [1.807, 2.05) is 15.6 Å². The predicted octanol–water partition coefficient (Wildman–Crippen LogP) is 2.71. The number of aromatic nitrogens is 2. The number of benzene rings is 1. The van der Waals surface area contributed by atoms with Crippen LogP contribution >= 0.6 is 0 Å². The van der Waals surface area contributed by atoms with Crippen LogP contribution in [-0.4, -0.2) is 51.7 Å². The van der Waals surface area contributed by atoms with Gasteiger partial charge < -0.3 is 9.80 Å². The van der Waals surface area contributed by atoms with Crippen LogP contribution in [-0.2, 0) is 24.3 Å². The van der Waals surface area contributed by atoms with Crippen molar-refractivity contribution in [1.82, 2.24) is 19.6 Å². The van der Waals surface area contributed by atoms with Crippen LogP contribution in [0.3, 0.4) is 0 Å². The second-order valence-electron chi connectivity index (χ2n) is 7.75. The van der Waals surface area contributed by atoms with E-state index in [0.717, 1.165) is 25.2 Å². The van der Waals surface area contributed by atoms with Crippen molar-refractivity contribution < 1.29 is 9.18 Å². The summed E-state index contributed by atoms with van der Waals surface area (Å²) in [5.74, 6) is 0.0496. The summed E-state index contributed by atoms with van der Waals surface area (Å²) in [4.78, 5) is 17.3. The van der Waals surface area contributed by atoms with Crippen LogP contribution in [0.25, 0.3) is 0 Å². The second-order valence-corrected chi connectivity index (χ2v) is 7.75. The molecule has 4 rings (SSSR count). The first-order valence-electron chi connectivity index (χ1n) is 9.93. The number of hydrogen-bond acceptors (Lipinski definition) is 3. The number of likely N-dealkylation sites (tertiary alicyclic amines) is 1. The molecular formula is C21H27FN4O. The lowest BCUT2D eigenvalue weighted by Crippen LogP contribution is -2.36. The molecule has 2 aliphatic heterocycles. The highest BCUT2D eigenvalue weighted by Gasteiger charge is 2.26. The molecule has 0 bridgehead atoms. The molecule has 2 aromatic rings. The third-order valence-electron chi connectivity index (χ3n) is 5.77. The van der Waals surface area contributed by atoms with Gasteiger partial charge in [-0.15, -0.1) is 0 Å². The number of fused-ring (bicyclic) bond motifs is 1. The van der Waals surface area contributed by atoms with Gasteiger partial charge in [-0.25, -0.2) is 4.39 Å². The fourth-order valence-electron chi connectivity index (χ4n) is 4.19. The van der Waals surface area contributed by atoms with Gasteiger partial charge in [0.15, 0.2) is 0 Å². The molecule has 0 aliphatic carbocycles. The van der Waals surface area contributed by atoms with Gasteiger partial charge in [-0.2, -0.15) is 5.10 Å². The van der Waals surface area contributed by atoms with Gasteiger partial charge in [0, 0.05) is 19.3 Å². The molecule has 0 saturated carbocycles. The molecule has 0 unspecified atom stereocenters. The standard InChI is InChI=1S/C21H27FN4O/c22-20-6-2-1-5-18(20)13-21(27)25-14-17(8-12-24-10-3-4-11-24)15-26-19(16-25)7-9-23-26/h1-2,5-7,9,17H,3-4,8,10-16H2/t17-/m0/s1. The van der Waals surface area contributed by atoms with Crippen LogP contribution < -0.4 is 0 Å². The predicted molar refractivity (Wildman–Crippen MR) is 102 cm³/mol. The monoisotopic (exact) mass is 370 g/mol. The Balaban J connectivity index is 1.45. The Morgan fingerprint density at radius 1 is 1.15 bits per heavy atom. The minimum atomic E-state index is -0.309. The third-order valence-corrected chi connectivity index (χ3v) is 5.77. The summed E-state index contributed by atoms with van der Waals surface area (Å²) in [6, 6.07) is 8.52. The molecule has 144 valence electrons. The van der Waals surface area contributed by atoms with Gasteiger partial charge in [0.25, 0.3) is 0 Å². The minimum Gasteiger partial charge on any atom is -0.336 e. The molecule has 1 amide bonds. The molecule has 1 saturated heterocycles. The lowest BCUT2D eigenvalue weighted by Gasteiger charge is -2.25. The van der Waals surface area contributed by atoms with Crippen molar-refractivity contribution in [3.63, 3.8) is 0 Å². The minimum absolute atomic E-state index is 0.0130. The van der Waals surface area contributed by atoms with Crippen LogP contribution in [0.1, 0.15) is 30.5 Å². The molecule has 27 heavy (non-hydrogen) atoms. The smallest absolute Gasteiger partial charge is 0.227 e. The first-order valence-corrected chi connectivity index (χ1v) is 9.93. The Hall–Kier alpha value is -2.21. The van der Waals surface area contributed by atoms with Crippen molar-refractivity contribution >= 4 is 5.91 Å². The molecule has 1 atom stereocenters. The van der Waals surface area contributed by atoms with E-state index in [1.54, 1.807) is 24.4 Å². The van der Waals surface area contributed by atoms with Gasteiger partial charge in [0.05, 0.1) is 18.7 Å². The van der Waals surface area contributed by atoms with Crippen LogP contribution in [0.4, 0.5) is 4.39 Å². The van der Waals surface area contributed by atoms with Crippen molar-refractivity contribution in [1.29, 1.82) is 0 Å².